The summed E-state index contributed by atoms with van der Waals surface area (Å²) in [6, 6.07) is 16.9. The highest BCUT2D eigenvalue weighted by molar-refractivity contribution is 6.00. The van der Waals surface area contributed by atoms with Gasteiger partial charge in [-0.1, -0.05) is 12.1 Å². The maximum Gasteiger partial charge on any atom is 0.135 e. The van der Waals surface area contributed by atoms with E-state index < -0.39 is 0 Å². The van der Waals surface area contributed by atoms with Crippen LogP contribution in [0.15, 0.2) is 60.8 Å². The van der Waals surface area contributed by atoms with Gasteiger partial charge in [-0.05, 0) is 80.4 Å². The molecule has 4 aromatic heterocycles. The Morgan fingerprint density at radius 3 is 2.73 bits per heavy atom. The number of H-pyrrole nitrogens is 2. The first-order valence-electron chi connectivity index (χ1n) is 13.7. The molecule has 1 aliphatic rings. The van der Waals surface area contributed by atoms with Crippen LogP contribution in [0, 0.1) is 12.7 Å². The second-order valence-corrected chi connectivity index (χ2v) is 10.4. The summed E-state index contributed by atoms with van der Waals surface area (Å²) in [5, 5.41) is 8.67. The van der Waals surface area contributed by atoms with E-state index in [1.54, 1.807) is 6.07 Å². The predicted octanol–water partition coefficient (Wildman–Crippen LogP) is 6.10. The first kappa shape index (κ1) is 24.5. The molecule has 9 heteroatoms. The van der Waals surface area contributed by atoms with Gasteiger partial charge in [0.05, 0.1) is 28.8 Å². The fourth-order valence-electron chi connectivity index (χ4n) is 5.60. The van der Waals surface area contributed by atoms with E-state index in [0.717, 1.165) is 81.3 Å². The van der Waals surface area contributed by atoms with Crippen LogP contribution in [0.4, 0.5) is 4.39 Å². The lowest BCUT2D eigenvalue weighted by molar-refractivity contribution is 0.237. The van der Waals surface area contributed by atoms with Crippen molar-refractivity contribution in [1.82, 2.24) is 34.6 Å². The average molecular weight is 536 g/mol. The van der Waals surface area contributed by atoms with Crippen LogP contribution in [-0.2, 0) is 7.05 Å². The molecule has 1 saturated heterocycles. The number of nitrogens with zero attached hydrogens (tertiary/aromatic N) is 5. The number of nitrogens with one attached hydrogen (secondary N) is 2. The van der Waals surface area contributed by atoms with Crippen molar-refractivity contribution in [3.05, 3.63) is 72.4 Å². The van der Waals surface area contributed by atoms with E-state index in [0.29, 0.717) is 12.4 Å². The third-order valence-electron chi connectivity index (χ3n) is 7.87. The minimum absolute atomic E-state index is 0.318. The zero-order valence-electron chi connectivity index (χ0n) is 22.5. The van der Waals surface area contributed by atoms with Crippen LogP contribution >= 0.6 is 0 Å². The number of ether oxygens (including phenoxy) is 1. The van der Waals surface area contributed by atoms with E-state index >= 15 is 0 Å². The van der Waals surface area contributed by atoms with E-state index in [9.17, 15) is 4.39 Å². The van der Waals surface area contributed by atoms with Gasteiger partial charge in [0.25, 0.3) is 0 Å². The lowest BCUT2D eigenvalue weighted by atomic mass is 10.0. The molecule has 0 unspecified atom stereocenters. The maximum atomic E-state index is 14.7. The monoisotopic (exact) mass is 535 g/mol. The fraction of sp³-hybridized carbons (Fsp3) is 0.258. The van der Waals surface area contributed by atoms with Crippen LogP contribution in [0.25, 0.3) is 55.8 Å². The normalized spacial score (nSPS) is 14.1. The van der Waals surface area contributed by atoms with Gasteiger partial charge < -0.3 is 14.3 Å². The molecule has 0 bridgehead atoms. The Kier molecular flexibility index (Phi) is 6.08. The molecule has 2 N–H and O–H groups in total. The van der Waals surface area contributed by atoms with E-state index in [1.807, 2.05) is 61.1 Å². The largest absolute Gasteiger partial charge is 0.492 e. The van der Waals surface area contributed by atoms with Crippen LogP contribution in [0.3, 0.4) is 0 Å². The number of pyridine rings is 1. The smallest absolute Gasteiger partial charge is 0.135 e. The van der Waals surface area contributed by atoms with Gasteiger partial charge in [0.15, 0.2) is 0 Å². The van der Waals surface area contributed by atoms with Crippen LogP contribution < -0.4 is 4.74 Å². The van der Waals surface area contributed by atoms with E-state index in [2.05, 4.69) is 31.1 Å². The van der Waals surface area contributed by atoms with Crippen molar-refractivity contribution in [2.75, 3.05) is 26.2 Å². The number of rotatable bonds is 7. The molecular formula is C31H30FN7O. The molecule has 2 aromatic carbocycles. The van der Waals surface area contributed by atoms with Crippen molar-refractivity contribution in [3.63, 3.8) is 0 Å². The number of fused-ring (bicyclic) bond motifs is 2. The molecule has 7 rings (SSSR count). The predicted molar refractivity (Wildman–Crippen MR) is 155 cm³/mol. The number of aromatic amines is 2. The van der Waals surface area contributed by atoms with Crippen LogP contribution in [0.5, 0.6) is 5.75 Å². The summed E-state index contributed by atoms with van der Waals surface area (Å²) < 4.78 is 22.7. The summed E-state index contributed by atoms with van der Waals surface area (Å²) in [5.74, 6) is 1.15. The highest BCUT2D eigenvalue weighted by atomic mass is 19.1. The Balaban J connectivity index is 1.23. The van der Waals surface area contributed by atoms with Crippen LogP contribution in [0.2, 0.25) is 0 Å². The number of aromatic nitrogens is 6. The molecule has 5 heterocycles. The van der Waals surface area contributed by atoms with Crippen LogP contribution in [0.1, 0.15) is 18.7 Å². The maximum absolute atomic E-state index is 14.7. The van der Waals surface area contributed by atoms with Crippen molar-refractivity contribution in [2.24, 2.45) is 7.05 Å². The molecule has 202 valence electrons. The molecule has 0 radical (unpaired) electrons. The molecule has 40 heavy (non-hydrogen) atoms. The first-order chi connectivity index (χ1) is 19.5. The number of benzene rings is 2. The van der Waals surface area contributed by atoms with Gasteiger partial charge in [0.2, 0.25) is 0 Å². The van der Waals surface area contributed by atoms with Gasteiger partial charge in [-0.2, -0.15) is 5.10 Å². The van der Waals surface area contributed by atoms with E-state index in [1.165, 1.54) is 18.9 Å². The molecule has 6 aromatic rings. The number of likely N-dealkylation sites (tertiary alicyclic amines) is 1. The van der Waals surface area contributed by atoms with Gasteiger partial charge >= 0.3 is 0 Å². The minimum atomic E-state index is -0.318. The molecule has 0 amide bonds. The zero-order valence-corrected chi connectivity index (χ0v) is 22.5. The Labute approximate surface area is 230 Å². The highest BCUT2D eigenvalue weighted by Gasteiger charge is 2.17. The van der Waals surface area contributed by atoms with Crippen molar-refractivity contribution < 1.29 is 9.13 Å². The Hall–Kier alpha value is -4.50. The van der Waals surface area contributed by atoms with Crippen LogP contribution in [-0.4, -0.2) is 60.9 Å². The molecular weight excluding hydrogens is 505 g/mol. The molecule has 8 nitrogen and oxygen atoms in total. The van der Waals surface area contributed by atoms with Crippen molar-refractivity contribution in [2.45, 2.75) is 19.8 Å². The Morgan fingerprint density at radius 2 is 1.90 bits per heavy atom. The number of imidazole rings is 1. The molecule has 0 spiro atoms. The summed E-state index contributed by atoms with van der Waals surface area (Å²) in [5.41, 5.74) is 7.56. The Morgan fingerprint density at radius 1 is 1.02 bits per heavy atom. The van der Waals surface area contributed by atoms with Gasteiger partial charge in [-0.15, -0.1) is 0 Å². The molecule has 0 saturated carbocycles. The summed E-state index contributed by atoms with van der Waals surface area (Å²) in [6.07, 6.45) is 4.31. The molecule has 0 atom stereocenters. The zero-order chi connectivity index (χ0) is 27.2. The molecule has 1 fully saturated rings. The van der Waals surface area contributed by atoms with Gasteiger partial charge in [-0.3, -0.25) is 10.00 Å². The molecule has 0 aliphatic carbocycles. The van der Waals surface area contributed by atoms with Crippen molar-refractivity contribution >= 4 is 21.9 Å². The lowest BCUT2D eigenvalue weighted by Crippen LogP contribution is -2.25. The first-order valence-corrected chi connectivity index (χ1v) is 13.7. The minimum Gasteiger partial charge on any atom is -0.492 e. The quantitative estimate of drug-likeness (QED) is 0.258. The number of halogens is 1. The van der Waals surface area contributed by atoms with E-state index in [-0.39, 0.29) is 5.82 Å². The highest BCUT2D eigenvalue weighted by Crippen LogP contribution is 2.35. The third kappa shape index (κ3) is 4.42. The Bertz CT molecular complexity index is 1840. The van der Waals surface area contributed by atoms with Gasteiger partial charge in [0, 0.05) is 30.6 Å². The molecule has 1 aliphatic heterocycles. The summed E-state index contributed by atoms with van der Waals surface area (Å²) in [6.45, 7) is 5.59. The van der Waals surface area contributed by atoms with Crippen molar-refractivity contribution in [1.29, 1.82) is 0 Å². The SMILES string of the molecule is Cc1ncc(-c2ccc3[nH]nc(-c4cc5c(-c6cc(F)cc(OCCN7CCCC7)c6)cccc5[nH]4)c3n2)n1C. The van der Waals surface area contributed by atoms with Gasteiger partial charge in [-0.25, -0.2) is 14.4 Å². The number of hydrogen-bond donors (Lipinski definition) is 2. The topological polar surface area (TPSA) is 87.7 Å². The lowest BCUT2D eigenvalue weighted by Gasteiger charge is -2.15. The number of hydrogen-bond acceptors (Lipinski definition) is 5. The van der Waals surface area contributed by atoms with E-state index in [4.69, 9.17) is 9.72 Å². The standard InChI is InChI=1S/C31H30FN7O/c1-19-33-18-29(38(19)2)26-8-9-27-30(35-26)31(37-36-27)28-17-24-23(6-5-7-25(24)34-28)20-14-21(32)16-22(15-20)40-13-12-39-10-3-4-11-39/h5-9,14-18,34H,3-4,10-13H2,1-2H3,(H,36,37). The second-order valence-electron chi connectivity index (χ2n) is 10.4. The summed E-state index contributed by atoms with van der Waals surface area (Å²) in [4.78, 5) is 15.2. The fourth-order valence-corrected chi connectivity index (χ4v) is 5.60. The second kappa shape index (κ2) is 9.91. The number of aryl methyl sites for hydroxylation is 1. The summed E-state index contributed by atoms with van der Waals surface area (Å²) >= 11 is 0. The average Bonchev–Trinajstić information content (AvgIpc) is 3.75. The van der Waals surface area contributed by atoms with Gasteiger partial charge in [0.1, 0.15) is 35.2 Å². The summed E-state index contributed by atoms with van der Waals surface area (Å²) in [7, 11) is 1.98. The third-order valence-corrected chi connectivity index (χ3v) is 7.87. The van der Waals surface area contributed by atoms with Crippen molar-refractivity contribution in [3.8, 4) is 39.7 Å².